The minimum Gasteiger partial charge on any atom is -0.383 e. The van der Waals surface area contributed by atoms with Crippen molar-refractivity contribution in [1.29, 1.82) is 0 Å². The lowest BCUT2D eigenvalue weighted by molar-refractivity contribution is 0.0717. The Morgan fingerprint density at radius 2 is 2.22 bits per heavy atom. The summed E-state index contributed by atoms with van der Waals surface area (Å²) in [6.45, 7) is 4.12. The van der Waals surface area contributed by atoms with E-state index in [2.05, 4.69) is 9.88 Å². The third-order valence-corrected chi connectivity index (χ3v) is 5.08. The Balaban J connectivity index is 1.75. The number of H-pyrrole nitrogens is 1. The van der Waals surface area contributed by atoms with Gasteiger partial charge < -0.3 is 14.6 Å². The number of carbonyl (C=O) groups is 1. The quantitative estimate of drug-likeness (QED) is 0.895. The number of pyridine rings is 1. The first-order chi connectivity index (χ1) is 11.1. The first-order valence-electron chi connectivity index (χ1n) is 7.99. The Bertz CT molecular complexity index is 633. The smallest absolute Gasteiger partial charge is 0.266 e. The van der Waals surface area contributed by atoms with Crippen molar-refractivity contribution in [2.45, 2.75) is 18.9 Å². The van der Waals surface area contributed by atoms with E-state index in [4.69, 9.17) is 16.3 Å². The topological polar surface area (TPSA) is 65.6 Å². The normalized spacial score (nSPS) is 24.7. The molecule has 126 valence electrons. The van der Waals surface area contributed by atoms with Gasteiger partial charge in [0.15, 0.2) is 0 Å². The summed E-state index contributed by atoms with van der Waals surface area (Å²) in [6.07, 6.45) is 3.72. The molecule has 3 aliphatic heterocycles. The molecule has 23 heavy (non-hydrogen) atoms. The predicted molar refractivity (Wildman–Crippen MR) is 87.9 cm³/mol. The van der Waals surface area contributed by atoms with E-state index in [9.17, 15) is 9.59 Å². The van der Waals surface area contributed by atoms with Crippen LogP contribution in [-0.2, 0) is 4.74 Å². The van der Waals surface area contributed by atoms with E-state index in [0.29, 0.717) is 24.1 Å². The second-order valence-electron chi connectivity index (χ2n) is 6.36. The number of rotatable bonds is 4. The molecule has 2 unspecified atom stereocenters. The molecule has 0 spiro atoms. The van der Waals surface area contributed by atoms with Gasteiger partial charge in [-0.05, 0) is 24.8 Å². The minimum atomic E-state index is -0.370. The van der Waals surface area contributed by atoms with E-state index in [1.807, 2.05) is 4.90 Å². The van der Waals surface area contributed by atoms with Crippen molar-refractivity contribution >= 4 is 17.5 Å². The number of fused-ring (bicyclic) bond motifs is 4. The maximum atomic E-state index is 12.8. The fraction of sp³-hybridized carbons (Fsp3) is 0.625. The molecular formula is C16H22ClN3O3. The Morgan fingerprint density at radius 1 is 1.39 bits per heavy atom. The fourth-order valence-electron chi connectivity index (χ4n) is 3.59. The van der Waals surface area contributed by atoms with Crippen molar-refractivity contribution in [3.8, 4) is 0 Å². The van der Waals surface area contributed by atoms with E-state index in [1.54, 1.807) is 7.11 Å². The van der Waals surface area contributed by atoms with Gasteiger partial charge in [-0.3, -0.25) is 14.5 Å². The fourth-order valence-corrected chi connectivity index (χ4v) is 3.76. The molecular weight excluding hydrogens is 318 g/mol. The molecule has 1 N–H and O–H groups in total. The Kier molecular flexibility index (Phi) is 5.04. The van der Waals surface area contributed by atoms with Crippen LogP contribution in [0.15, 0.2) is 17.1 Å². The van der Waals surface area contributed by atoms with Crippen LogP contribution in [0, 0.1) is 5.92 Å². The summed E-state index contributed by atoms with van der Waals surface area (Å²) in [4.78, 5) is 31.0. The molecule has 1 amide bonds. The number of aromatic amines is 1. The molecule has 1 aromatic rings. The van der Waals surface area contributed by atoms with Crippen LogP contribution in [-0.4, -0.2) is 66.6 Å². The van der Waals surface area contributed by atoms with Gasteiger partial charge in [-0.15, -0.1) is 0 Å². The van der Waals surface area contributed by atoms with Crippen LogP contribution in [0.3, 0.4) is 0 Å². The molecule has 3 aliphatic rings. The number of nitrogens with zero attached hydrogens (tertiary/aromatic N) is 2. The Morgan fingerprint density at radius 3 is 2.96 bits per heavy atom. The highest BCUT2D eigenvalue weighted by atomic mass is 35.5. The van der Waals surface area contributed by atoms with Gasteiger partial charge in [0.05, 0.1) is 12.2 Å². The molecule has 3 saturated heterocycles. The number of hydrogen-bond donors (Lipinski definition) is 1. The van der Waals surface area contributed by atoms with E-state index >= 15 is 0 Å². The van der Waals surface area contributed by atoms with Gasteiger partial charge >= 0.3 is 0 Å². The highest BCUT2D eigenvalue weighted by Gasteiger charge is 2.36. The molecule has 0 aliphatic carbocycles. The molecule has 0 saturated carbocycles. The molecule has 4 heterocycles. The lowest BCUT2D eigenvalue weighted by atomic mass is 9.95. The van der Waals surface area contributed by atoms with Crippen LogP contribution in [0.4, 0.5) is 0 Å². The largest absolute Gasteiger partial charge is 0.383 e. The van der Waals surface area contributed by atoms with E-state index in [1.165, 1.54) is 12.3 Å². The first-order valence-corrected chi connectivity index (χ1v) is 8.36. The number of carbonyl (C=O) groups excluding carboxylic acids is 1. The van der Waals surface area contributed by atoms with Gasteiger partial charge in [-0.1, -0.05) is 11.6 Å². The highest BCUT2D eigenvalue weighted by molar-refractivity contribution is 6.30. The van der Waals surface area contributed by atoms with Crippen molar-refractivity contribution < 1.29 is 9.53 Å². The zero-order chi connectivity index (χ0) is 16.4. The van der Waals surface area contributed by atoms with Crippen molar-refractivity contribution in [2.75, 3.05) is 39.9 Å². The van der Waals surface area contributed by atoms with Crippen LogP contribution in [0.25, 0.3) is 0 Å². The summed E-state index contributed by atoms with van der Waals surface area (Å²) in [5, 5.41) is 0.0513. The van der Waals surface area contributed by atoms with Gasteiger partial charge in [0, 0.05) is 45.5 Å². The van der Waals surface area contributed by atoms with Gasteiger partial charge in [-0.2, -0.15) is 0 Å². The lowest BCUT2D eigenvalue weighted by Gasteiger charge is -2.35. The Hall–Kier alpha value is -1.37. The van der Waals surface area contributed by atoms with E-state index < -0.39 is 0 Å². The van der Waals surface area contributed by atoms with E-state index in [-0.39, 0.29) is 16.5 Å². The second-order valence-corrected chi connectivity index (χ2v) is 6.77. The monoisotopic (exact) mass is 339 g/mol. The molecule has 4 rings (SSSR count). The summed E-state index contributed by atoms with van der Waals surface area (Å²) < 4.78 is 5.19. The van der Waals surface area contributed by atoms with Crippen LogP contribution in [0.5, 0.6) is 0 Å². The zero-order valence-corrected chi connectivity index (χ0v) is 14.0. The minimum absolute atomic E-state index is 0.0513. The molecule has 6 nitrogen and oxygen atoms in total. The van der Waals surface area contributed by atoms with Crippen LogP contribution in [0.1, 0.15) is 23.2 Å². The summed E-state index contributed by atoms with van der Waals surface area (Å²) in [5.74, 6) is 0.432. The second kappa shape index (κ2) is 7.03. The molecule has 1 aromatic heterocycles. The number of ether oxygens (including phenoxy) is 1. The average Bonchev–Trinajstić information content (AvgIpc) is 2.86. The SMILES string of the molecule is COCCN1CC2CCC1CN(C(=O)c1c[nH]c(=O)c(Cl)c1)C2. The number of amides is 1. The molecule has 2 bridgehead atoms. The predicted octanol–water partition coefficient (Wildman–Crippen LogP) is 1.21. The van der Waals surface area contributed by atoms with Crippen LogP contribution in [0.2, 0.25) is 5.02 Å². The summed E-state index contributed by atoms with van der Waals surface area (Å²) in [6, 6.07) is 1.84. The number of aromatic nitrogens is 1. The molecule has 0 aromatic carbocycles. The third-order valence-electron chi connectivity index (χ3n) is 4.80. The lowest BCUT2D eigenvalue weighted by Crippen LogP contribution is -2.45. The van der Waals surface area contributed by atoms with Crippen molar-refractivity contribution in [2.24, 2.45) is 5.92 Å². The number of methoxy groups -OCH3 is 1. The summed E-state index contributed by atoms with van der Waals surface area (Å²) >= 11 is 5.84. The first kappa shape index (κ1) is 16.5. The molecule has 7 heteroatoms. The van der Waals surface area contributed by atoms with Crippen LogP contribution < -0.4 is 5.56 Å². The molecule has 2 atom stereocenters. The summed E-state index contributed by atoms with van der Waals surface area (Å²) in [5.41, 5.74) is 0.0734. The number of nitrogens with one attached hydrogen (secondary N) is 1. The standard InChI is InChI=1S/C16H22ClN3O3/c1-23-5-4-19-8-11-2-3-13(19)10-20(9-11)16(22)12-6-14(17)15(21)18-7-12/h6-7,11,13H,2-5,8-10H2,1H3,(H,18,21). The maximum Gasteiger partial charge on any atom is 0.266 e. The number of halogens is 1. The van der Waals surface area contributed by atoms with Crippen molar-refractivity contribution in [3.05, 3.63) is 33.2 Å². The Labute approximate surface area is 140 Å². The average molecular weight is 340 g/mol. The highest BCUT2D eigenvalue weighted by Crippen LogP contribution is 2.28. The van der Waals surface area contributed by atoms with Crippen molar-refractivity contribution in [3.63, 3.8) is 0 Å². The van der Waals surface area contributed by atoms with Gasteiger partial charge in [0.25, 0.3) is 11.5 Å². The van der Waals surface area contributed by atoms with Crippen LogP contribution >= 0.6 is 11.6 Å². The maximum absolute atomic E-state index is 12.8. The molecule has 3 fully saturated rings. The van der Waals surface area contributed by atoms with E-state index in [0.717, 1.165) is 39.0 Å². The number of hydrogen-bond acceptors (Lipinski definition) is 4. The van der Waals surface area contributed by atoms with Gasteiger partial charge in [-0.25, -0.2) is 0 Å². The van der Waals surface area contributed by atoms with Crippen molar-refractivity contribution in [1.82, 2.24) is 14.8 Å². The van der Waals surface area contributed by atoms with Gasteiger partial charge in [0.2, 0.25) is 0 Å². The number of piperidine rings is 1. The molecule has 0 radical (unpaired) electrons. The van der Waals surface area contributed by atoms with Gasteiger partial charge in [0.1, 0.15) is 5.02 Å². The summed E-state index contributed by atoms with van der Waals surface area (Å²) in [7, 11) is 1.71. The zero-order valence-electron chi connectivity index (χ0n) is 13.3. The third kappa shape index (κ3) is 3.59.